The first kappa shape index (κ1) is 12.9. The second-order valence-electron chi connectivity index (χ2n) is 5.53. The summed E-state index contributed by atoms with van der Waals surface area (Å²) in [4.78, 5) is 32.1. The average molecular weight is 275 g/mol. The van der Waals surface area contributed by atoms with Gasteiger partial charge in [0.25, 0.3) is 5.91 Å². The number of fused-ring (bicyclic) bond motifs is 1. The Labute approximate surface area is 115 Å². The van der Waals surface area contributed by atoms with Crippen LogP contribution in [0, 0.1) is 5.92 Å². The highest BCUT2D eigenvalue weighted by Gasteiger charge is 2.28. The third-order valence-corrected chi connectivity index (χ3v) is 3.90. The fourth-order valence-electron chi connectivity index (χ4n) is 2.82. The summed E-state index contributed by atoms with van der Waals surface area (Å²) < 4.78 is 4.88. The van der Waals surface area contributed by atoms with Crippen LogP contribution in [-0.4, -0.2) is 33.4 Å². The van der Waals surface area contributed by atoms with Crippen molar-refractivity contribution in [1.82, 2.24) is 14.9 Å². The molecule has 20 heavy (non-hydrogen) atoms. The summed E-state index contributed by atoms with van der Waals surface area (Å²) in [6, 6.07) is 3.42. The third-order valence-electron chi connectivity index (χ3n) is 3.90. The number of amides is 1. The fraction of sp³-hybridized carbons (Fsp3) is 0.500. The van der Waals surface area contributed by atoms with Crippen molar-refractivity contribution in [2.45, 2.75) is 32.7 Å². The minimum Gasteiger partial charge on any atom is -0.406 e. The number of aromatic nitrogens is 2. The van der Waals surface area contributed by atoms with Crippen LogP contribution >= 0.6 is 0 Å². The molecule has 0 radical (unpaired) electrons. The molecule has 1 fully saturated rings. The van der Waals surface area contributed by atoms with E-state index in [1.807, 2.05) is 4.90 Å². The van der Waals surface area contributed by atoms with Gasteiger partial charge in [0.05, 0.1) is 0 Å². The van der Waals surface area contributed by atoms with E-state index in [0.717, 1.165) is 19.4 Å². The lowest BCUT2D eigenvalue weighted by Crippen LogP contribution is -2.44. The molecule has 3 rings (SSSR count). The van der Waals surface area contributed by atoms with Crippen molar-refractivity contribution in [1.29, 1.82) is 0 Å². The Kier molecular flexibility index (Phi) is 3.08. The van der Waals surface area contributed by atoms with E-state index in [0.29, 0.717) is 22.8 Å². The normalized spacial score (nSPS) is 23.2. The second kappa shape index (κ2) is 4.77. The quantitative estimate of drug-likeness (QED) is 0.860. The molecule has 2 aromatic heterocycles. The van der Waals surface area contributed by atoms with Crippen LogP contribution in [0.15, 0.2) is 21.3 Å². The van der Waals surface area contributed by atoms with Crippen molar-refractivity contribution in [3.8, 4) is 0 Å². The Balaban J connectivity index is 1.90. The highest BCUT2D eigenvalue weighted by molar-refractivity contribution is 5.94. The number of pyridine rings is 1. The second-order valence-corrected chi connectivity index (χ2v) is 5.53. The number of nitrogens with zero attached hydrogens (tertiary/aromatic N) is 2. The molecule has 6 heteroatoms. The van der Waals surface area contributed by atoms with Crippen molar-refractivity contribution < 1.29 is 9.21 Å². The van der Waals surface area contributed by atoms with Crippen LogP contribution < -0.4 is 5.76 Å². The first-order chi connectivity index (χ1) is 9.54. The van der Waals surface area contributed by atoms with E-state index in [9.17, 15) is 9.59 Å². The van der Waals surface area contributed by atoms with Gasteiger partial charge in [-0.05, 0) is 37.8 Å². The average Bonchev–Trinajstić information content (AvgIpc) is 2.77. The van der Waals surface area contributed by atoms with E-state index in [-0.39, 0.29) is 11.9 Å². The Bertz CT molecular complexity index is 703. The van der Waals surface area contributed by atoms with Gasteiger partial charge in [-0.3, -0.25) is 9.78 Å². The Morgan fingerprint density at radius 1 is 1.45 bits per heavy atom. The summed E-state index contributed by atoms with van der Waals surface area (Å²) in [6.45, 7) is 5.02. The lowest BCUT2D eigenvalue weighted by molar-refractivity contribution is 0.0583. The minimum absolute atomic E-state index is 0.0895. The van der Waals surface area contributed by atoms with E-state index in [4.69, 9.17) is 4.42 Å². The molecule has 2 atom stereocenters. The van der Waals surface area contributed by atoms with Gasteiger partial charge in [-0.15, -0.1) is 0 Å². The van der Waals surface area contributed by atoms with Crippen LogP contribution in [0.4, 0.5) is 0 Å². The van der Waals surface area contributed by atoms with Gasteiger partial charge >= 0.3 is 5.76 Å². The van der Waals surface area contributed by atoms with Gasteiger partial charge < -0.3 is 9.32 Å². The first-order valence-electron chi connectivity index (χ1n) is 6.85. The number of carbonyl (C=O) groups is 1. The molecule has 6 nitrogen and oxygen atoms in total. The summed E-state index contributed by atoms with van der Waals surface area (Å²) in [5, 5.41) is 0. The maximum atomic E-state index is 12.5. The van der Waals surface area contributed by atoms with Crippen molar-refractivity contribution in [2.75, 3.05) is 6.54 Å². The topological polar surface area (TPSA) is 79.2 Å². The van der Waals surface area contributed by atoms with Gasteiger partial charge in [-0.2, -0.15) is 0 Å². The summed E-state index contributed by atoms with van der Waals surface area (Å²) in [5.74, 6) is 0.000307. The van der Waals surface area contributed by atoms with Crippen LogP contribution in [-0.2, 0) is 0 Å². The Morgan fingerprint density at radius 2 is 2.25 bits per heavy atom. The van der Waals surface area contributed by atoms with Gasteiger partial charge in [-0.25, -0.2) is 9.78 Å². The van der Waals surface area contributed by atoms with Crippen LogP contribution in [0.3, 0.4) is 0 Å². The predicted octanol–water partition coefficient (Wildman–Crippen LogP) is 1.78. The number of likely N-dealkylation sites (tertiary alicyclic amines) is 1. The van der Waals surface area contributed by atoms with Gasteiger partial charge in [0.2, 0.25) is 0 Å². The zero-order valence-corrected chi connectivity index (χ0v) is 11.5. The molecule has 0 aliphatic carbocycles. The molecule has 0 unspecified atom stereocenters. The smallest absolute Gasteiger partial charge is 0.406 e. The van der Waals surface area contributed by atoms with Crippen molar-refractivity contribution in [2.24, 2.45) is 5.92 Å². The molecule has 1 aliphatic heterocycles. The summed E-state index contributed by atoms with van der Waals surface area (Å²) in [7, 11) is 0. The number of hydrogen-bond donors (Lipinski definition) is 1. The molecular formula is C14H17N3O3. The summed E-state index contributed by atoms with van der Waals surface area (Å²) in [5.41, 5.74) is 1.03. The van der Waals surface area contributed by atoms with E-state index < -0.39 is 5.76 Å². The third kappa shape index (κ3) is 2.21. The van der Waals surface area contributed by atoms with Gasteiger partial charge in [0, 0.05) is 12.6 Å². The van der Waals surface area contributed by atoms with Gasteiger partial charge in [0.1, 0.15) is 5.69 Å². The SMILES string of the molecule is C[C@@H]1CCN(C(=O)c2ccc3oc(=O)[nH]c3n2)[C@H](C)C1. The van der Waals surface area contributed by atoms with Gasteiger partial charge in [0.15, 0.2) is 11.2 Å². The van der Waals surface area contributed by atoms with Crippen molar-refractivity contribution in [3.63, 3.8) is 0 Å². The molecule has 0 bridgehead atoms. The fourth-order valence-corrected chi connectivity index (χ4v) is 2.82. The minimum atomic E-state index is -0.558. The molecular weight excluding hydrogens is 258 g/mol. The van der Waals surface area contributed by atoms with Gasteiger partial charge in [-0.1, -0.05) is 6.92 Å². The molecule has 0 saturated carbocycles. The first-order valence-corrected chi connectivity index (χ1v) is 6.85. The number of carbonyl (C=O) groups excluding carboxylic acids is 1. The highest BCUT2D eigenvalue weighted by Crippen LogP contribution is 2.23. The number of H-pyrrole nitrogens is 1. The lowest BCUT2D eigenvalue weighted by Gasteiger charge is -2.36. The molecule has 1 saturated heterocycles. The molecule has 0 spiro atoms. The maximum absolute atomic E-state index is 12.5. The standard InChI is InChI=1S/C14H17N3O3/c1-8-5-6-17(9(2)7-8)13(18)10-3-4-11-12(15-10)16-14(19)20-11/h3-4,8-9H,5-7H2,1-2H3,(H,15,16,19)/t8-,9-/m1/s1. The van der Waals surface area contributed by atoms with E-state index in [1.165, 1.54) is 0 Å². The largest absolute Gasteiger partial charge is 0.418 e. The maximum Gasteiger partial charge on any atom is 0.418 e. The van der Waals surface area contributed by atoms with E-state index >= 15 is 0 Å². The summed E-state index contributed by atoms with van der Waals surface area (Å²) >= 11 is 0. The summed E-state index contributed by atoms with van der Waals surface area (Å²) in [6.07, 6.45) is 2.03. The molecule has 1 N–H and O–H groups in total. The molecule has 1 aliphatic rings. The Morgan fingerprint density at radius 3 is 3.00 bits per heavy atom. The number of hydrogen-bond acceptors (Lipinski definition) is 4. The monoisotopic (exact) mass is 275 g/mol. The molecule has 3 heterocycles. The molecule has 106 valence electrons. The number of aromatic amines is 1. The number of piperidine rings is 1. The predicted molar refractivity (Wildman–Crippen MR) is 73.5 cm³/mol. The zero-order chi connectivity index (χ0) is 14.3. The van der Waals surface area contributed by atoms with Crippen LogP contribution in [0.1, 0.15) is 37.2 Å². The number of rotatable bonds is 1. The molecule has 2 aromatic rings. The highest BCUT2D eigenvalue weighted by atomic mass is 16.4. The zero-order valence-electron chi connectivity index (χ0n) is 11.5. The lowest BCUT2D eigenvalue weighted by atomic mass is 9.93. The molecule has 0 aromatic carbocycles. The van der Waals surface area contributed by atoms with Crippen LogP contribution in [0.25, 0.3) is 11.2 Å². The van der Waals surface area contributed by atoms with Crippen molar-refractivity contribution in [3.05, 3.63) is 28.4 Å². The van der Waals surface area contributed by atoms with E-state index in [2.05, 4.69) is 23.8 Å². The van der Waals surface area contributed by atoms with Crippen molar-refractivity contribution >= 4 is 17.1 Å². The van der Waals surface area contributed by atoms with Crippen LogP contribution in [0.2, 0.25) is 0 Å². The van der Waals surface area contributed by atoms with E-state index in [1.54, 1.807) is 12.1 Å². The number of nitrogens with one attached hydrogen (secondary N) is 1. The number of oxazole rings is 1. The van der Waals surface area contributed by atoms with Crippen LogP contribution in [0.5, 0.6) is 0 Å². The molecule has 1 amide bonds. The Hall–Kier alpha value is -2.11.